The topological polar surface area (TPSA) is 15.3 Å². The summed E-state index contributed by atoms with van der Waals surface area (Å²) in [7, 11) is 0. The van der Waals surface area contributed by atoms with E-state index in [1.165, 1.54) is 6.07 Å². The molecule has 1 fully saturated rings. The average molecular weight is 333 g/mol. The van der Waals surface area contributed by atoms with Crippen molar-refractivity contribution in [3.8, 4) is 0 Å². The van der Waals surface area contributed by atoms with Gasteiger partial charge in [0.05, 0.1) is 10.2 Å². The maximum absolute atomic E-state index is 13.9. The van der Waals surface area contributed by atoms with Crippen LogP contribution in [0, 0.1) is 11.6 Å². The minimum Gasteiger partial charge on any atom is -0.368 e. The van der Waals surface area contributed by atoms with Gasteiger partial charge in [-0.25, -0.2) is 8.78 Å². The Morgan fingerprint density at radius 3 is 2.89 bits per heavy atom. The molecule has 2 nitrogen and oxygen atoms in total. The molecular weight excluding hydrogens is 314 g/mol. The van der Waals surface area contributed by atoms with E-state index in [4.69, 9.17) is 0 Å². The van der Waals surface area contributed by atoms with Gasteiger partial charge in [-0.05, 0) is 47.8 Å². The third-order valence-corrected chi connectivity index (χ3v) is 4.04. The fourth-order valence-electron chi connectivity index (χ4n) is 2.47. The van der Waals surface area contributed by atoms with E-state index in [0.29, 0.717) is 16.2 Å². The van der Waals surface area contributed by atoms with Gasteiger partial charge in [-0.1, -0.05) is 6.92 Å². The molecule has 1 aliphatic heterocycles. The molecule has 1 aromatic rings. The smallest absolute Gasteiger partial charge is 0.149 e. The van der Waals surface area contributed by atoms with Crippen LogP contribution in [0.1, 0.15) is 26.2 Å². The first kappa shape index (κ1) is 14.7. The van der Waals surface area contributed by atoms with Gasteiger partial charge in [0, 0.05) is 25.2 Å². The van der Waals surface area contributed by atoms with E-state index in [2.05, 4.69) is 28.2 Å². The van der Waals surface area contributed by atoms with Crippen molar-refractivity contribution < 1.29 is 8.78 Å². The zero-order chi connectivity index (χ0) is 13.8. The summed E-state index contributed by atoms with van der Waals surface area (Å²) in [5, 5.41) is 3.47. The van der Waals surface area contributed by atoms with Crippen LogP contribution in [0.2, 0.25) is 0 Å². The molecule has 0 aliphatic carbocycles. The number of rotatable bonds is 4. The Bertz CT molecular complexity index is 440. The van der Waals surface area contributed by atoms with Crippen molar-refractivity contribution in [2.75, 3.05) is 24.5 Å². The lowest BCUT2D eigenvalue weighted by molar-refractivity contribution is 0.420. The van der Waals surface area contributed by atoms with Crippen molar-refractivity contribution in [3.05, 3.63) is 28.2 Å². The molecule has 1 heterocycles. The van der Waals surface area contributed by atoms with Crippen LogP contribution < -0.4 is 10.2 Å². The van der Waals surface area contributed by atoms with E-state index in [0.717, 1.165) is 45.0 Å². The molecule has 1 saturated heterocycles. The number of hydrogen-bond donors (Lipinski definition) is 1. The molecule has 0 amide bonds. The lowest BCUT2D eigenvalue weighted by Crippen LogP contribution is -2.46. The molecule has 5 heteroatoms. The second-order valence-electron chi connectivity index (χ2n) is 4.96. The lowest BCUT2D eigenvalue weighted by Gasteiger charge is -2.35. The monoisotopic (exact) mass is 332 g/mol. The molecule has 1 aromatic carbocycles. The van der Waals surface area contributed by atoms with Gasteiger partial charge in [0.2, 0.25) is 0 Å². The van der Waals surface area contributed by atoms with Crippen LogP contribution in [-0.2, 0) is 0 Å². The largest absolute Gasteiger partial charge is 0.368 e. The molecule has 0 bridgehead atoms. The van der Waals surface area contributed by atoms with Crippen LogP contribution in [0.3, 0.4) is 0 Å². The second-order valence-corrected chi connectivity index (χ2v) is 5.81. The predicted molar refractivity (Wildman–Crippen MR) is 77.6 cm³/mol. The van der Waals surface area contributed by atoms with Crippen molar-refractivity contribution in [1.82, 2.24) is 5.32 Å². The number of anilines is 1. The van der Waals surface area contributed by atoms with Gasteiger partial charge in [0.1, 0.15) is 11.6 Å². The van der Waals surface area contributed by atoms with Gasteiger partial charge >= 0.3 is 0 Å². The highest BCUT2D eigenvalue weighted by atomic mass is 79.9. The van der Waals surface area contributed by atoms with Gasteiger partial charge < -0.3 is 10.2 Å². The maximum atomic E-state index is 13.9. The Balaban J connectivity index is 2.10. The summed E-state index contributed by atoms with van der Waals surface area (Å²) >= 11 is 3.12. The zero-order valence-electron chi connectivity index (χ0n) is 11.1. The van der Waals surface area contributed by atoms with E-state index in [1.807, 2.05) is 4.90 Å². The van der Waals surface area contributed by atoms with E-state index in [-0.39, 0.29) is 0 Å². The summed E-state index contributed by atoms with van der Waals surface area (Å²) in [5.74, 6) is -1.05. The Hall–Kier alpha value is -0.680. The first-order chi connectivity index (χ1) is 9.11. The Morgan fingerprint density at radius 2 is 2.16 bits per heavy atom. The van der Waals surface area contributed by atoms with Crippen LogP contribution in [0.15, 0.2) is 16.6 Å². The molecule has 106 valence electrons. The van der Waals surface area contributed by atoms with Gasteiger partial charge in [-0.2, -0.15) is 0 Å². The Labute approximate surface area is 121 Å². The molecule has 1 unspecified atom stereocenters. The number of benzene rings is 1. The fourth-order valence-corrected chi connectivity index (χ4v) is 2.80. The summed E-state index contributed by atoms with van der Waals surface area (Å²) < 4.78 is 27.4. The van der Waals surface area contributed by atoms with Crippen LogP contribution in [0.25, 0.3) is 0 Å². The summed E-state index contributed by atoms with van der Waals surface area (Å²) in [5.41, 5.74) is 0.483. The molecule has 0 radical (unpaired) electrons. The summed E-state index contributed by atoms with van der Waals surface area (Å²) in [6.45, 7) is 4.70. The molecule has 19 heavy (non-hydrogen) atoms. The normalized spacial score (nSPS) is 19.8. The number of halogens is 3. The van der Waals surface area contributed by atoms with E-state index in [1.54, 1.807) is 0 Å². The Morgan fingerprint density at radius 1 is 1.37 bits per heavy atom. The number of nitrogens with zero attached hydrogens (tertiary/aromatic N) is 1. The molecule has 0 spiro atoms. The zero-order valence-corrected chi connectivity index (χ0v) is 12.6. The van der Waals surface area contributed by atoms with E-state index in [9.17, 15) is 8.78 Å². The first-order valence-corrected chi connectivity index (χ1v) is 7.54. The minimum absolute atomic E-state index is 0.313. The van der Waals surface area contributed by atoms with Crippen LogP contribution >= 0.6 is 15.9 Å². The molecule has 1 aliphatic rings. The highest BCUT2D eigenvalue weighted by molar-refractivity contribution is 9.10. The number of hydrogen-bond acceptors (Lipinski definition) is 2. The molecular formula is C14H19BrF2N2. The third kappa shape index (κ3) is 3.66. The SMILES string of the molecule is CCCNC1CCCN(c2cc(Br)c(F)cc2F)C1. The quantitative estimate of drug-likeness (QED) is 0.846. The van der Waals surface area contributed by atoms with E-state index < -0.39 is 11.6 Å². The summed E-state index contributed by atoms with van der Waals surface area (Å²) in [6.07, 6.45) is 3.23. The molecule has 2 rings (SSSR count). The van der Waals surface area contributed by atoms with Crippen molar-refractivity contribution in [3.63, 3.8) is 0 Å². The average Bonchev–Trinajstić information content (AvgIpc) is 2.41. The minimum atomic E-state index is -0.557. The lowest BCUT2D eigenvalue weighted by atomic mass is 10.0. The predicted octanol–water partition coefficient (Wildman–Crippen LogP) is 3.70. The highest BCUT2D eigenvalue weighted by Gasteiger charge is 2.22. The van der Waals surface area contributed by atoms with Gasteiger partial charge in [-0.3, -0.25) is 0 Å². The third-order valence-electron chi connectivity index (χ3n) is 3.43. The molecule has 0 saturated carbocycles. The first-order valence-electron chi connectivity index (χ1n) is 6.74. The van der Waals surface area contributed by atoms with E-state index >= 15 is 0 Å². The fraction of sp³-hybridized carbons (Fsp3) is 0.571. The number of nitrogens with one attached hydrogen (secondary N) is 1. The summed E-state index contributed by atoms with van der Waals surface area (Å²) in [4.78, 5) is 2.00. The van der Waals surface area contributed by atoms with Gasteiger partial charge in [0.15, 0.2) is 0 Å². The van der Waals surface area contributed by atoms with Crippen LogP contribution in [0.5, 0.6) is 0 Å². The van der Waals surface area contributed by atoms with Gasteiger partial charge in [-0.15, -0.1) is 0 Å². The van der Waals surface area contributed by atoms with Crippen LogP contribution in [-0.4, -0.2) is 25.7 Å². The molecule has 0 aromatic heterocycles. The highest BCUT2D eigenvalue weighted by Crippen LogP contribution is 2.28. The second kappa shape index (κ2) is 6.66. The summed E-state index contributed by atoms with van der Waals surface area (Å²) in [6, 6.07) is 2.87. The standard InChI is InChI=1S/C14H19BrF2N2/c1-2-5-18-10-4-3-6-19(9-10)14-7-11(15)12(16)8-13(14)17/h7-8,10,18H,2-6,9H2,1H3. The van der Waals surface area contributed by atoms with Crippen molar-refractivity contribution in [1.29, 1.82) is 0 Å². The van der Waals surface area contributed by atoms with Crippen LogP contribution in [0.4, 0.5) is 14.5 Å². The van der Waals surface area contributed by atoms with Crippen molar-refractivity contribution >= 4 is 21.6 Å². The van der Waals surface area contributed by atoms with Crippen molar-refractivity contribution in [2.24, 2.45) is 0 Å². The molecule has 1 atom stereocenters. The van der Waals surface area contributed by atoms with Gasteiger partial charge in [0.25, 0.3) is 0 Å². The number of piperidine rings is 1. The molecule has 1 N–H and O–H groups in total. The maximum Gasteiger partial charge on any atom is 0.149 e. The van der Waals surface area contributed by atoms with Crippen molar-refractivity contribution in [2.45, 2.75) is 32.2 Å². The Kier molecular flexibility index (Phi) is 5.16.